The van der Waals surface area contributed by atoms with Crippen LogP contribution in [-0.2, 0) is 6.42 Å². The topological polar surface area (TPSA) is 52.1 Å². The number of aromatic nitrogens is 2. The van der Waals surface area contributed by atoms with E-state index in [0.29, 0.717) is 11.5 Å². The van der Waals surface area contributed by atoms with E-state index in [1.54, 1.807) is 26.3 Å². The molecule has 1 heterocycles. The second-order valence-corrected chi connectivity index (χ2v) is 4.90. The van der Waals surface area contributed by atoms with Crippen LogP contribution in [0.4, 0.5) is 0 Å². The van der Waals surface area contributed by atoms with E-state index < -0.39 is 0 Å². The molecule has 0 fully saturated rings. The highest BCUT2D eigenvalue weighted by Gasteiger charge is 2.12. The lowest BCUT2D eigenvalue weighted by atomic mass is 10.1. The van der Waals surface area contributed by atoms with Crippen molar-refractivity contribution >= 4 is 21.7 Å². The maximum absolute atomic E-state index is 12.2. The van der Waals surface area contributed by atoms with Crippen molar-refractivity contribution in [1.29, 1.82) is 0 Å². The first-order valence-electron chi connectivity index (χ1n) is 5.75. The summed E-state index contributed by atoms with van der Waals surface area (Å²) in [6, 6.07) is 7.18. The molecule has 0 saturated carbocycles. The van der Waals surface area contributed by atoms with E-state index in [0.717, 1.165) is 15.8 Å². The number of halogens is 1. The van der Waals surface area contributed by atoms with E-state index in [9.17, 15) is 4.79 Å². The van der Waals surface area contributed by atoms with Crippen LogP contribution in [0.5, 0.6) is 5.75 Å². The zero-order chi connectivity index (χ0) is 13.8. The summed E-state index contributed by atoms with van der Waals surface area (Å²) in [6.45, 7) is 1.76. The summed E-state index contributed by atoms with van der Waals surface area (Å²) in [5, 5.41) is 0. The lowest BCUT2D eigenvalue weighted by Crippen LogP contribution is -2.08. The van der Waals surface area contributed by atoms with E-state index in [-0.39, 0.29) is 12.2 Å². The lowest BCUT2D eigenvalue weighted by molar-refractivity contribution is 0.0987. The zero-order valence-electron chi connectivity index (χ0n) is 10.7. The van der Waals surface area contributed by atoms with Crippen LogP contribution in [-0.4, -0.2) is 22.9 Å². The smallest absolute Gasteiger partial charge is 0.185 e. The van der Waals surface area contributed by atoms with Crippen LogP contribution in [0.3, 0.4) is 0 Å². The molecule has 0 radical (unpaired) electrons. The molecular formula is C14H13BrN2O2. The van der Waals surface area contributed by atoms with Gasteiger partial charge in [0.2, 0.25) is 0 Å². The summed E-state index contributed by atoms with van der Waals surface area (Å²) in [5.74, 6) is 1.28. The number of ketones is 1. The van der Waals surface area contributed by atoms with Gasteiger partial charge >= 0.3 is 0 Å². The van der Waals surface area contributed by atoms with Crippen molar-refractivity contribution in [3.8, 4) is 5.75 Å². The number of benzene rings is 1. The molecule has 0 N–H and O–H groups in total. The summed E-state index contributed by atoms with van der Waals surface area (Å²) >= 11 is 3.43. The van der Waals surface area contributed by atoms with Crippen molar-refractivity contribution in [2.75, 3.05) is 7.11 Å². The van der Waals surface area contributed by atoms with Crippen molar-refractivity contribution in [2.24, 2.45) is 0 Å². The van der Waals surface area contributed by atoms with Gasteiger partial charge in [0.05, 0.1) is 7.11 Å². The van der Waals surface area contributed by atoms with Crippen LogP contribution < -0.4 is 4.74 Å². The number of methoxy groups -OCH3 is 1. The minimum absolute atomic E-state index is 0.0422. The molecule has 0 amide bonds. The van der Waals surface area contributed by atoms with E-state index in [1.807, 2.05) is 18.2 Å². The summed E-state index contributed by atoms with van der Waals surface area (Å²) in [5.41, 5.74) is 1.31. The number of hydrogen-bond acceptors (Lipinski definition) is 4. The monoisotopic (exact) mass is 320 g/mol. The van der Waals surface area contributed by atoms with Crippen LogP contribution in [0.2, 0.25) is 0 Å². The van der Waals surface area contributed by atoms with Gasteiger partial charge in [-0.2, -0.15) is 0 Å². The zero-order valence-corrected chi connectivity index (χ0v) is 12.3. The predicted octanol–water partition coefficient (Wildman–Crippen LogP) is 2.98. The fourth-order valence-electron chi connectivity index (χ4n) is 1.69. The van der Waals surface area contributed by atoms with Gasteiger partial charge in [0.1, 0.15) is 17.3 Å². The van der Waals surface area contributed by atoms with Gasteiger partial charge in [0, 0.05) is 17.1 Å². The van der Waals surface area contributed by atoms with Gasteiger partial charge < -0.3 is 4.74 Å². The first-order valence-corrected chi connectivity index (χ1v) is 6.54. The molecule has 19 heavy (non-hydrogen) atoms. The predicted molar refractivity (Wildman–Crippen MR) is 75.5 cm³/mol. The maximum Gasteiger partial charge on any atom is 0.185 e. The molecule has 1 aromatic heterocycles. The van der Waals surface area contributed by atoms with E-state index in [4.69, 9.17) is 4.74 Å². The van der Waals surface area contributed by atoms with Gasteiger partial charge in [-0.05, 0) is 36.8 Å². The number of carbonyl (C=O) groups excluding carboxylic acids is 1. The van der Waals surface area contributed by atoms with Crippen LogP contribution >= 0.6 is 15.9 Å². The van der Waals surface area contributed by atoms with Crippen LogP contribution in [0.25, 0.3) is 0 Å². The Morgan fingerprint density at radius 2 is 2.16 bits per heavy atom. The molecule has 98 valence electrons. The molecule has 0 atom stereocenters. The normalized spacial score (nSPS) is 10.3. The van der Waals surface area contributed by atoms with Crippen LogP contribution in [0.15, 0.2) is 34.9 Å². The molecule has 4 nitrogen and oxygen atoms in total. The molecule has 0 unspecified atom stereocenters. The molecule has 2 aromatic rings. The Labute approximate surface area is 120 Å². The Bertz CT molecular complexity index is 614. The molecule has 2 rings (SSSR count). The maximum atomic E-state index is 12.2. The summed E-state index contributed by atoms with van der Waals surface area (Å²) in [7, 11) is 1.60. The molecule has 0 aliphatic rings. The second kappa shape index (κ2) is 5.93. The summed E-state index contributed by atoms with van der Waals surface area (Å²) in [4.78, 5) is 20.3. The van der Waals surface area contributed by atoms with E-state index in [2.05, 4.69) is 25.9 Å². The fraction of sp³-hybridized carbons (Fsp3) is 0.214. The Morgan fingerprint density at radius 1 is 1.37 bits per heavy atom. The summed E-state index contributed by atoms with van der Waals surface area (Å²) < 4.78 is 6.04. The van der Waals surface area contributed by atoms with Crippen molar-refractivity contribution in [3.05, 3.63) is 52.0 Å². The Kier molecular flexibility index (Phi) is 4.27. The molecule has 1 aromatic carbocycles. The Balaban J connectivity index is 2.23. The molecule has 0 saturated heterocycles. The quantitative estimate of drug-likeness (QED) is 0.813. The largest absolute Gasteiger partial charge is 0.497 e. The summed E-state index contributed by atoms with van der Waals surface area (Å²) in [6.07, 6.45) is 1.87. The average molecular weight is 321 g/mol. The molecule has 0 aliphatic carbocycles. The third-order valence-electron chi connectivity index (χ3n) is 2.67. The fourth-order valence-corrected chi connectivity index (χ4v) is 2.08. The Hall–Kier alpha value is -1.75. The first-order chi connectivity index (χ1) is 9.10. The third kappa shape index (κ3) is 3.38. The molecule has 0 bridgehead atoms. The van der Waals surface area contributed by atoms with Gasteiger partial charge in [-0.15, -0.1) is 0 Å². The number of Topliss-reactive ketones (excluding diaryl/α,β-unsaturated/α-hetero) is 1. The van der Waals surface area contributed by atoms with Gasteiger partial charge in [-0.25, -0.2) is 9.97 Å². The molecule has 0 aliphatic heterocycles. The van der Waals surface area contributed by atoms with Gasteiger partial charge in [-0.3, -0.25) is 4.79 Å². The molecule has 5 heteroatoms. The molecular weight excluding hydrogens is 308 g/mol. The van der Waals surface area contributed by atoms with Crippen molar-refractivity contribution in [3.63, 3.8) is 0 Å². The SMILES string of the molecule is COc1ccc(Br)c(CC(=O)c2ccnc(C)n2)c1. The van der Waals surface area contributed by atoms with Crippen molar-refractivity contribution in [2.45, 2.75) is 13.3 Å². The minimum atomic E-state index is -0.0422. The van der Waals surface area contributed by atoms with Crippen molar-refractivity contribution < 1.29 is 9.53 Å². The van der Waals surface area contributed by atoms with Gasteiger partial charge in [0.25, 0.3) is 0 Å². The standard InChI is InChI=1S/C14H13BrN2O2/c1-9-16-6-5-13(17-9)14(18)8-10-7-11(19-2)3-4-12(10)15/h3-7H,8H2,1-2H3. The Morgan fingerprint density at radius 3 is 2.84 bits per heavy atom. The van der Waals surface area contributed by atoms with Gasteiger partial charge in [0.15, 0.2) is 5.78 Å². The lowest BCUT2D eigenvalue weighted by Gasteiger charge is -2.07. The number of carbonyl (C=O) groups is 1. The highest BCUT2D eigenvalue weighted by molar-refractivity contribution is 9.10. The first kappa shape index (κ1) is 13.7. The van der Waals surface area contributed by atoms with E-state index >= 15 is 0 Å². The van der Waals surface area contributed by atoms with Crippen LogP contribution in [0, 0.1) is 6.92 Å². The number of nitrogens with zero attached hydrogens (tertiary/aromatic N) is 2. The van der Waals surface area contributed by atoms with Crippen molar-refractivity contribution in [1.82, 2.24) is 9.97 Å². The van der Waals surface area contributed by atoms with Crippen LogP contribution in [0.1, 0.15) is 21.9 Å². The highest BCUT2D eigenvalue weighted by Crippen LogP contribution is 2.23. The highest BCUT2D eigenvalue weighted by atomic mass is 79.9. The number of hydrogen-bond donors (Lipinski definition) is 0. The average Bonchev–Trinajstić information content (AvgIpc) is 2.41. The van der Waals surface area contributed by atoms with Gasteiger partial charge in [-0.1, -0.05) is 15.9 Å². The third-order valence-corrected chi connectivity index (χ3v) is 3.44. The van der Waals surface area contributed by atoms with E-state index in [1.165, 1.54) is 0 Å². The second-order valence-electron chi connectivity index (χ2n) is 4.05. The molecule has 0 spiro atoms. The minimum Gasteiger partial charge on any atom is -0.497 e. The number of aryl methyl sites for hydroxylation is 1. The number of rotatable bonds is 4. The number of ether oxygens (including phenoxy) is 1.